The standard InChI is InChI=1S/C28H27BrN4O6/c1-4-38-25-12-18(11-22(29)27(25)39-17-21-8-6-5-7-20(21)14-30)15-32-33-26(34)16-31-28(35)19-9-10-23(36-2)24(13-19)37-3/h5-13,15H,4,16-17H2,1-3H3,(H,31,35)(H,33,34). The third kappa shape index (κ3) is 7.96. The van der Waals surface area contributed by atoms with Crippen LogP contribution in [-0.4, -0.2) is 45.4 Å². The first-order valence-electron chi connectivity index (χ1n) is 11.8. The zero-order chi connectivity index (χ0) is 28.2. The van der Waals surface area contributed by atoms with Crippen molar-refractivity contribution in [1.82, 2.24) is 10.7 Å². The molecule has 3 aromatic rings. The molecule has 0 heterocycles. The second-order valence-electron chi connectivity index (χ2n) is 7.87. The SMILES string of the molecule is CCOc1cc(C=NNC(=O)CNC(=O)c2ccc(OC)c(OC)c2)cc(Br)c1OCc1ccccc1C#N. The number of hydrogen-bond acceptors (Lipinski definition) is 8. The first kappa shape index (κ1) is 29.0. The second-order valence-corrected chi connectivity index (χ2v) is 8.72. The molecule has 202 valence electrons. The van der Waals surface area contributed by atoms with Crippen molar-refractivity contribution in [2.75, 3.05) is 27.4 Å². The van der Waals surface area contributed by atoms with Crippen molar-refractivity contribution in [1.29, 1.82) is 5.26 Å². The molecule has 0 aromatic heterocycles. The fourth-order valence-electron chi connectivity index (χ4n) is 3.43. The number of methoxy groups -OCH3 is 2. The number of nitrogens with one attached hydrogen (secondary N) is 2. The molecule has 0 fully saturated rings. The molecule has 39 heavy (non-hydrogen) atoms. The maximum atomic E-state index is 12.4. The molecule has 0 aliphatic heterocycles. The third-order valence-corrected chi connectivity index (χ3v) is 5.89. The van der Waals surface area contributed by atoms with Gasteiger partial charge < -0.3 is 24.3 Å². The summed E-state index contributed by atoms with van der Waals surface area (Å²) in [5.74, 6) is 0.873. The van der Waals surface area contributed by atoms with Crippen LogP contribution in [0.1, 0.15) is 34.0 Å². The first-order chi connectivity index (χ1) is 18.9. The van der Waals surface area contributed by atoms with E-state index in [1.807, 2.05) is 19.1 Å². The van der Waals surface area contributed by atoms with Crippen LogP contribution in [0.15, 0.2) is 64.2 Å². The summed E-state index contributed by atoms with van der Waals surface area (Å²) in [6, 6.07) is 17.5. The number of carbonyl (C=O) groups is 2. The number of halogens is 1. The number of benzene rings is 3. The van der Waals surface area contributed by atoms with Crippen molar-refractivity contribution in [2.45, 2.75) is 13.5 Å². The van der Waals surface area contributed by atoms with E-state index in [0.29, 0.717) is 50.8 Å². The lowest BCUT2D eigenvalue weighted by atomic mass is 10.1. The fourth-order valence-corrected chi connectivity index (χ4v) is 4.00. The van der Waals surface area contributed by atoms with Gasteiger partial charge in [-0.2, -0.15) is 10.4 Å². The highest BCUT2D eigenvalue weighted by Gasteiger charge is 2.14. The highest BCUT2D eigenvalue weighted by atomic mass is 79.9. The molecule has 11 heteroatoms. The molecule has 0 spiro atoms. The van der Waals surface area contributed by atoms with Crippen LogP contribution in [0.2, 0.25) is 0 Å². The van der Waals surface area contributed by atoms with Crippen molar-refractivity contribution in [3.05, 3.63) is 81.3 Å². The van der Waals surface area contributed by atoms with Gasteiger partial charge in [0.15, 0.2) is 23.0 Å². The highest BCUT2D eigenvalue weighted by molar-refractivity contribution is 9.10. The van der Waals surface area contributed by atoms with E-state index in [1.54, 1.807) is 36.4 Å². The number of hydrogen-bond donors (Lipinski definition) is 2. The first-order valence-corrected chi connectivity index (χ1v) is 12.6. The average Bonchev–Trinajstić information content (AvgIpc) is 2.95. The number of nitriles is 1. The Labute approximate surface area is 234 Å². The Hall–Kier alpha value is -4.56. The number of hydrazone groups is 1. The number of ether oxygens (including phenoxy) is 4. The molecular weight excluding hydrogens is 568 g/mol. The van der Waals surface area contributed by atoms with Gasteiger partial charge in [0.25, 0.3) is 11.8 Å². The molecule has 10 nitrogen and oxygen atoms in total. The average molecular weight is 595 g/mol. The molecule has 2 amide bonds. The lowest BCUT2D eigenvalue weighted by molar-refractivity contribution is -0.120. The maximum absolute atomic E-state index is 12.4. The summed E-state index contributed by atoms with van der Waals surface area (Å²) in [5, 5.41) is 15.8. The monoisotopic (exact) mass is 594 g/mol. The lowest BCUT2D eigenvalue weighted by Gasteiger charge is -2.15. The van der Waals surface area contributed by atoms with Crippen LogP contribution in [0.3, 0.4) is 0 Å². The van der Waals surface area contributed by atoms with Crippen LogP contribution in [0, 0.1) is 11.3 Å². The zero-order valence-electron chi connectivity index (χ0n) is 21.6. The van der Waals surface area contributed by atoms with Crippen molar-refractivity contribution in [3.8, 4) is 29.1 Å². The molecule has 0 unspecified atom stereocenters. The number of nitrogens with zero attached hydrogens (tertiary/aromatic N) is 2. The summed E-state index contributed by atoms with van der Waals surface area (Å²) in [7, 11) is 2.97. The highest BCUT2D eigenvalue weighted by Crippen LogP contribution is 2.37. The Morgan fingerprint density at radius 2 is 1.79 bits per heavy atom. The van der Waals surface area contributed by atoms with E-state index < -0.39 is 11.8 Å². The Morgan fingerprint density at radius 3 is 2.51 bits per heavy atom. The van der Waals surface area contributed by atoms with Crippen LogP contribution in [-0.2, 0) is 11.4 Å². The molecule has 2 N–H and O–H groups in total. The molecule has 0 saturated heterocycles. The molecule has 0 bridgehead atoms. The van der Waals surface area contributed by atoms with Crippen LogP contribution in [0.5, 0.6) is 23.0 Å². The smallest absolute Gasteiger partial charge is 0.259 e. The van der Waals surface area contributed by atoms with Gasteiger partial charge >= 0.3 is 0 Å². The van der Waals surface area contributed by atoms with Gasteiger partial charge in [0, 0.05) is 11.1 Å². The van der Waals surface area contributed by atoms with Crippen molar-refractivity contribution >= 4 is 34.0 Å². The van der Waals surface area contributed by atoms with Crippen LogP contribution in [0.4, 0.5) is 0 Å². The summed E-state index contributed by atoms with van der Waals surface area (Å²) in [5.41, 5.74) is 4.61. The molecule has 3 aromatic carbocycles. The van der Waals surface area contributed by atoms with E-state index in [2.05, 4.69) is 37.8 Å². The lowest BCUT2D eigenvalue weighted by Crippen LogP contribution is -2.34. The topological polar surface area (TPSA) is 131 Å². The van der Waals surface area contributed by atoms with Gasteiger partial charge in [0.05, 0.1) is 49.7 Å². The predicted molar refractivity (Wildman–Crippen MR) is 148 cm³/mol. The van der Waals surface area contributed by atoms with Gasteiger partial charge in [-0.1, -0.05) is 18.2 Å². The van der Waals surface area contributed by atoms with E-state index >= 15 is 0 Å². The maximum Gasteiger partial charge on any atom is 0.259 e. The zero-order valence-corrected chi connectivity index (χ0v) is 23.2. The molecule has 0 saturated carbocycles. The van der Waals surface area contributed by atoms with E-state index in [9.17, 15) is 14.9 Å². The van der Waals surface area contributed by atoms with Gasteiger partial charge in [-0.15, -0.1) is 0 Å². The molecule has 3 rings (SSSR count). The van der Waals surface area contributed by atoms with E-state index in [-0.39, 0.29) is 13.2 Å². The van der Waals surface area contributed by atoms with E-state index in [1.165, 1.54) is 26.5 Å². The molecular formula is C28H27BrN4O6. The Morgan fingerprint density at radius 1 is 1.03 bits per heavy atom. The number of carbonyl (C=O) groups excluding carboxylic acids is 2. The fraction of sp³-hybridized carbons (Fsp3) is 0.214. The summed E-state index contributed by atoms with van der Waals surface area (Å²) in [4.78, 5) is 24.6. The van der Waals surface area contributed by atoms with Crippen LogP contribution in [0.25, 0.3) is 0 Å². The predicted octanol–water partition coefficient (Wildman–Crippen LogP) is 4.20. The minimum atomic E-state index is -0.514. The Kier molecular flexibility index (Phi) is 10.7. The third-order valence-electron chi connectivity index (χ3n) is 5.30. The minimum Gasteiger partial charge on any atom is -0.493 e. The van der Waals surface area contributed by atoms with Gasteiger partial charge in [0.1, 0.15) is 6.61 Å². The number of amides is 2. The van der Waals surface area contributed by atoms with Gasteiger partial charge in [-0.25, -0.2) is 5.43 Å². The van der Waals surface area contributed by atoms with E-state index in [0.717, 1.165) is 5.56 Å². The van der Waals surface area contributed by atoms with Crippen molar-refractivity contribution in [2.24, 2.45) is 5.10 Å². The van der Waals surface area contributed by atoms with Gasteiger partial charge in [-0.3, -0.25) is 9.59 Å². The molecule has 0 aliphatic carbocycles. The Balaban J connectivity index is 1.60. The van der Waals surface area contributed by atoms with Crippen molar-refractivity contribution in [3.63, 3.8) is 0 Å². The summed E-state index contributed by atoms with van der Waals surface area (Å²) >= 11 is 3.50. The van der Waals surface area contributed by atoms with Crippen LogP contribution < -0.4 is 29.7 Å². The van der Waals surface area contributed by atoms with E-state index in [4.69, 9.17) is 18.9 Å². The normalized spacial score (nSPS) is 10.4. The number of rotatable bonds is 12. The van der Waals surface area contributed by atoms with Crippen LogP contribution >= 0.6 is 15.9 Å². The second kappa shape index (κ2) is 14.4. The molecule has 0 aliphatic rings. The quantitative estimate of drug-likeness (QED) is 0.237. The summed E-state index contributed by atoms with van der Waals surface area (Å²) in [6.45, 7) is 2.14. The Bertz CT molecular complexity index is 1400. The van der Waals surface area contributed by atoms with Gasteiger partial charge in [-0.05, 0) is 64.8 Å². The van der Waals surface area contributed by atoms with Gasteiger partial charge in [0.2, 0.25) is 0 Å². The summed E-state index contributed by atoms with van der Waals surface area (Å²) < 4.78 is 22.7. The largest absolute Gasteiger partial charge is 0.493 e. The van der Waals surface area contributed by atoms with Crippen molar-refractivity contribution < 1.29 is 28.5 Å². The molecule has 0 atom stereocenters. The molecule has 0 radical (unpaired) electrons. The minimum absolute atomic E-state index is 0.181. The summed E-state index contributed by atoms with van der Waals surface area (Å²) in [6.07, 6.45) is 1.44.